The lowest BCUT2D eigenvalue weighted by atomic mass is 9.97. The minimum absolute atomic E-state index is 0.145. The van der Waals surface area contributed by atoms with Gasteiger partial charge in [0.1, 0.15) is 0 Å². The highest BCUT2D eigenvalue weighted by molar-refractivity contribution is 5.96. The molecule has 0 saturated carbocycles. The van der Waals surface area contributed by atoms with Gasteiger partial charge in [0, 0.05) is 18.6 Å². The van der Waals surface area contributed by atoms with E-state index in [1.165, 1.54) is 5.56 Å². The van der Waals surface area contributed by atoms with Crippen LogP contribution in [0.15, 0.2) is 24.3 Å². The van der Waals surface area contributed by atoms with Crippen molar-refractivity contribution in [2.45, 2.75) is 45.6 Å². The molecular weight excluding hydrogens is 224 g/mol. The summed E-state index contributed by atoms with van der Waals surface area (Å²) in [6.07, 6.45) is 3.82. The predicted octanol–water partition coefficient (Wildman–Crippen LogP) is 3.64. The second kappa shape index (κ2) is 6.14. The number of ketones is 1. The van der Waals surface area contributed by atoms with E-state index in [1.807, 2.05) is 18.2 Å². The average Bonchev–Trinajstić information content (AvgIpc) is 2.81. The molecule has 18 heavy (non-hydrogen) atoms. The Kier molecular flexibility index (Phi) is 4.54. The summed E-state index contributed by atoms with van der Waals surface area (Å²) in [5.41, 5.74) is 2.09. The molecule has 0 radical (unpaired) electrons. The lowest BCUT2D eigenvalue weighted by Crippen LogP contribution is -2.12. The highest BCUT2D eigenvalue weighted by atomic mass is 16.5. The van der Waals surface area contributed by atoms with Crippen LogP contribution in [-0.2, 0) is 11.2 Å². The summed E-state index contributed by atoms with van der Waals surface area (Å²) in [7, 11) is 0. The Labute approximate surface area is 109 Å². The van der Waals surface area contributed by atoms with E-state index in [0.717, 1.165) is 31.4 Å². The fourth-order valence-electron chi connectivity index (χ4n) is 2.47. The van der Waals surface area contributed by atoms with Gasteiger partial charge < -0.3 is 4.74 Å². The minimum atomic E-state index is 0.145. The van der Waals surface area contributed by atoms with Gasteiger partial charge in [0.05, 0.1) is 6.10 Å². The first-order chi connectivity index (χ1) is 8.65. The Hall–Kier alpha value is -1.15. The van der Waals surface area contributed by atoms with Gasteiger partial charge in [0.2, 0.25) is 0 Å². The van der Waals surface area contributed by atoms with Crippen LogP contribution in [-0.4, -0.2) is 18.5 Å². The van der Waals surface area contributed by atoms with Crippen LogP contribution < -0.4 is 0 Å². The van der Waals surface area contributed by atoms with E-state index in [9.17, 15) is 4.79 Å². The number of hydrogen-bond donors (Lipinski definition) is 0. The van der Waals surface area contributed by atoms with Crippen LogP contribution in [0.2, 0.25) is 0 Å². The first-order valence-corrected chi connectivity index (χ1v) is 6.89. The fourth-order valence-corrected chi connectivity index (χ4v) is 2.47. The smallest absolute Gasteiger partial charge is 0.165 e. The Morgan fingerprint density at radius 1 is 1.44 bits per heavy atom. The van der Waals surface area contributed by atoms with Crippen molar-refractivity contribution in [1.29, 1.82) is 0 Å². The number of carbonyl (C=O) groups is 1. The van der Waals surface area contributed by atoms with Gasteiger partial charge in [-0.3, -0.25) is 4.79 Å². The molecule has 0 amide bonds. The summed E-state index contributed by atoms with van der Waals surface area (Å²) in [4.78, 5) is 12.2. The summed E-state index contributed by atoms with van der Waals surface area (Å²) in [5, 5.41) is 0. The van der Waals surface area contributed by atoms with Gasteiger partial charge in [-0.15, -0.1) is 0 Å². The molecule has 1 aromatic carbocycles. The van der Waals surface area contributed by atoms with Crippen LogP contribution in [0.1, 0.15) is 49.0 Å². The topological polar surface area (TPSA) is 26.3 Å². The van der Waals surface area contributed by atoms with Gasteiger partial charge in [-0.05, 0) is 36.8 Å². The molecule has 1 heterocycles. The molecule has 1 unspecified atom stereocenters. The van der Waals surface area contributed by atoms with Crippen LogP contribution in [0.4, 0.5) is 0 Å². The number of hydrogen-bond acceptors (Lipinski definition) is 2. The molecule has 0 spiro atoms. The molecule has 1 atom stereocenters. The van der Waals surface area contributed by atoms with E-state index < -0.39 is 0 Å². The molecule has 2 rings (SSSR count). The summed E-state index contributed by atoms with van der Waals surface area (Å²) in [6.45, 7) is 5.20. The lowest BCUT2D eigenvalue weighted by molar-refractivity contribution is 0.0775. The maximum atomic E-state index is 12.2. The van der Waals surface area contributed by atoms with E-state index in [2.05, 4.69) is 19.9 Å². The third-order valence-electron chi connectivity index (χ3n) is 3.33. The van der Waals surface area contributed by atoms with Crippen molar-refractivity contribution in [3.05, 3.63) is 35.4 Å². The lowest BCUT2D eigenvalue weighted by Gasteiger charge is -2.10. The van der Waals surface area contributed by atoms with Gasteiger partial charge in [-0.25, -0.2) is 0 Å². The maximum Gasteiger partial charge on any atom is 0.165 e. The van der Waals surface area contributed by atoms with Crippen molar-refractivity contribution < 1.29 is 9.53 Å². The third-order valence-corrected chi connectivity index (χ3v) is 3.33. The van der Waals surface area contributed by atoms with Crippen molar-refractivity contribution in [3.63, 3.8) is 0 Å². The zero-order valence-corrected chi connectivity index (χ0v) is 11.3. The average molecular weight is 246 g/mol. The molecule has 2 nitrogen and oxygen atoms in total. The summed E-state index contributed by atoms with van der Waals surface area (Å²) < 4.78 is 5.52. The van der Waals surface area contributed by atoms with Gasteiger partial charge in [-0.2, -0.15) is 0 Å². The van der Waals surface area contributed by atoms with Crippen molar-refractivity contribution in [2.75, 3.05) is 6.61 Å². The summed E-state index contributed by atoms with van der Waals surface area (Å²) in [6, 6.07) is 8.04. The summed E-state index contributed by atoms with van der Waals surface area (Å²) >= 11 is 0. The zero-order chi connectivity index (χ0) is 13.0. The Balaban J connectivity index is 2.00. The molecule has 1 aliphatic heterocycles. The number of Topliss-reactive ketones (excluding diaryl/α,β-unsaturated/α-hetero) is 1. The van der Waals surface area contributed by atoms with E-state index in [1.54, 1.807) is 0 Å². The van der Waals surface area contributed by atoms with Crippen molar-refractivity contribution in [3.8, 4) is 0 Å². The first kappa shape index (κ1) is 13.3. The monoisotopic (exact) mass is 246 g/mol. The van der Waals surface area contributed by atoms with Gasteiger partial charge in [0.15, 0.2) is 5.78 Å². The van der Waals surface area contributed by atoms with Crippen LogP contribution in [0.25, 0.3) is 0 Å². The zero-order valence-electron chi connectivity index (χ0n) is 11.3. The number of carbonyl (C=O) groups excluding carboxylic acids is 1. The molecule has 0 bridgehead atoms. The fraction of sp³-hybridized carbons (Fsp3) is 0.562. The van der Waals surface area contributed by atoms with Crippen LogP contribution in [0.3, 0.4) is 0 Å². The molecule has 1 fully saturated rings. The Bertz CT molecular complexity index is 403. The Morgan fingerprint density at radius 2 is 2.28 bits per heavy atom. The van der Waals surface area contributed by atoms with E-state index in [4.69, 9.17) is 4.74 Å². The molecule has 0 aliphatic carbocycles. The van der Waals surface area contributed by atoms with Crippen LogP contribution >= 0.6 is 0 Å². The van der Waals surface area contributed by atoms with E-state index in [0.29, 0.717) is 12.3 Å². The molecule has 1 aromatic rings. The minimum Gasteiger partial charge on any atom is -0.378 e. The third kappa shape index (κ3) is 3.67. The Morgan fingerprint density at radius 3 is 2.94 bits per heavy atom. The molecule has 1 aliphatic rings. The second-order valence-corrected chi connectivity index (χ2v) is 5.56. The standard InChI is InChI=1S/C16H22O2/c1-12(2)9-13-5-3-6-14(10-13)16(17)11-15-7-4-8-18-15/h3,5-6,10,12,15H,4,7-9,11H2,1-2H3. The van der Waals surface area contributed by atoms with Crippen LogP contribution in [0.5, 0.6) is 0 Å². The molecule has 98 valence electrons. The maximum absolute atomic E-state index is 12.2. The SMILES string of the molecule is CC(C)Cc1cccc(C(=O)CC2CCCO2)c1. The highest BCUT2D eigenvalue weighted by Crippen LogP contribution is 2.19. The van der Waals surface area contributed by atoms with Gasteiger partial charge in [-0.1, -0.05) is 32.0 Å². The number of ether oxygens (including phenoxy) is 1. The van der Waals surface area contributed by atoms with E-state index in [-0.39, 0.29) is 11.9 Å². The number of rotatable bonds is 5. The molecule has 1 saturated heterocycles. The predicted molar refractivity (Wildman–Crippen MR) is 72.9 cm³/mol. The van der Waals surface area contributed by atoms with Crippen molar-refractivity contribution in [2.24, 2.45) is 5.92 Å². The van der Waals surface area contributed by atoms with Crippen molar-refractivity contribution in [1.82, 2.24) is 0 Å². The normalized spacial score (nSPS) is 19.4. The van der Waals surface area contributed by atoms with Crippen LogP contribution in [0, 0.1) is 5.92 Å². The van der Waals surface area contributed by atoms with Gasteiger partial charge >= 0.3 is 0 Å². The quantitative estimate of drug-likeness (QED) is 0.741. The molecule has 0 aromatic heterocycles. The molecular formula is C16H22O2. The van der Waals surface area contributed by atoms with Crippen molar-refractivity contribution >= 4 is 5.78 Å². The highest BCUT2D eigenvalue weighted by Gasteiger charge is 2.19. The van der Waals surface area contributed by atoms with Gasteiger partial charge in [0.25, 0.3) is 0 Å². The molecule has 2 heteroatoms. The second-order valence-electron chi connectivity index (χ2n) is 5.56. The number of benzene rings is 1. The largest absolute Gasteiger partial charge is 0.378 e. The van der Waals surface area contributed by atoms with E-state index >= 15 is 0 Å². The molecule has 0 N–H and O–H groups in total. The first-order valence-electron chi connectivity index (χ1n) is 6.89. The summed E-state index contributed by atoms with van der Waals surface area (Å²) in [5.74, 6) is 0.834.